The van der Waals surface area contributed by atoms with Gasteiger partial charge in [0.1, 0.15) is 6.61 Å². The molecule has 1 rings (SSSR count). The average molecular weight is 228 g/mol. The van der Waals surface area contributed by atoms with Gasteiger partial charge < -0.3 is 19.7 Å². The molecule has 1 aliphatic heterocycles. The summed E-state index contributed by atoms with van der Waals surface area (Å²) in [5.41, 5.74) is 0. The third kappa shape index (κ3) is 4.31. The molecule has 0 aliphatic carbocycles. The third-order valence-electron chi connectivity index (χ3n) is 2.09. The van der Waals surface area contributed by atoms with Crippen molar-refractivity contribution in [3.63, 3.8) is 0 Å². The lowest BCUT2D eigenvalue weighted by molar-refractivity contribution is -0.137. The molecule has 16 heavy (non-hydrogen) atoms. The number of hydrogen-bond donors (Lipinski definition) is 1. The van der Waals surface area contributed by atoms with E-state index in [0.717, 1.165) is 6.08 Å². The van der Waals surface area contributed by atoms with Gasteiger partial charge in [0, 0.05) is 19.2 Å². The lowest BCUT2D eigenvalue weighted by Crippen LogP contribution is -2.46. The molecule has 6 nitrogen and oxygen atoms in total. The number of ether oxygens (including phenoxy) is 2. The molecule has 2 amide bonds. The molecule has 90 valence electrons. The molecule has 1 fully saturated rings. The van der Waals surface area contributed by atoms with Crippen LogP contribution in [0.15, 0.2) is 12.7 Å². The van der Waals surface area contributed by atoms with Gasteiger partial charge in [-0.2, -0.15) is 0 Å². The third-order valence-corrected chi connectivity index (χ3v) is 2.09. The van der Waals surface area contributed by atoms with Gasteiger partial charge in [0.05, 0.1) is 19.8 Å². The normalized spacial score (nSPS) is 15.4. The van der Waals surface area contributed by atoms with E-state index in [4.69, 9.17) is 9.47 Å². The summed E-state index contributed by atoms with van der Waals surface area (Å²) in [6.07, 6.45) is 1.09. The molecule has 1 aliphatic rings. The highest BCUT2D eigenvalue weighted by Gasteiger charge is 2.15. The lowest BCUT2D eigenvalue weighted by Gasteiger charge is -2.26. The van der Waals surface area contributed by atoms with Gasteiger partial charge in [-0.1, -0.05) is 6.58 Å². The van der Waals surface area contributed by atoms with Crippen LogP contribution in [0.2, 0.25) is 0 Å². The minimum absolute atomic E-state index is 0.154. The minimum Gasteiger partial charge on any atom is -0.461 e. The van der Waals surface area contributed by atoms with Gasteiger partial charge in [-0.05, 0) is 0 Å². The molecule has 0 atom stereocenters. The highest BCUT2D eigenvalue weighted by atomic mass is 16.5. The predicted molar refractivity (Wildman–Crippen MR) is 56.9 cm³/mol. The van der Waals surface area contributed by atoms with E-state index >= 15 is 0 Å². The first kappa shape index (κ1) is 12.5. The molecule has 0 radical (unpaired) electrons. The van der Waals surface area contributed by atoms with Crippen molar-refractivity contribution in [2.45, 2.75) is 0 Å². The van der Waals surface area contributed by atoms with Crippen LogP contribution < -0.4 is 5.32 Å². The molecular formula is C10H16N2O4. The molecule has 0 aromatic rings. The Morgan fingerprint density at radius 1 is 1.44 bits per heavy atom. The first-order chi connectivity index (χ1) is 7.74. The number of nitrogens with one attached hydrogen (secondary N) is 1. The smallest absolute Gasteiger partial charge is 0.330 e. The van der Waals surface area contributed by atoms with Crippen molar-refractivity contribution in [3.8, 4) is 0 Å². The number of carbonyl (C=O) groups is 2. The zero-order valence-corrected chi connectivity index (χ0v) is 9.11. The highest BCUT2D eigenvalue weighted by Crippen LogP contribution is 1.96. The molecule has 6 heteroatoms. The zero-order chi connectivity index (χ0) is 11.8. The molecule has 0 spiro atoms. The largest absolute Gasteiger partial charge is 0.461 e. The van der Waals surface area contributed by atoms with E-state index in [1.54, 1.807) is 4.90 Å². The van der Waals surface area contributed by atoms with Gasteiger partial charge in [0.15, 0.2) is 0 Å². The number of urea groups is 1. The Kier molecular flexibility index (Phi) is 5.35. The fourth-order valence-corrected chi connectivity index (χ4v) is 1.25. The summed E-state index contributed by atoms with van der Waals surface area (Å²) < 4.78 is 9.83. The van der Waals surface area contributed by atoms with Gasteiger partial charge in [-0.3, -0.25) is 0 Å². The van der Waals surface area contributed by atoms with Gasteiger partial charge in [0.2, 0.25) is 0 Å². The zero-order valence-electron chi connectivity index (χ0n) is 9.11. The molecule has 0 aromatic carbocycles. The fraction of sp³-hybridized carbons (Fsp3) is 0.600. The van der Waals surface area contributed by atoms with Crippen molar-refractivity contribution in [1.29, 1.82) is 0 Å². The maximum atomic E-state index is 11.5. The van der Waals surface area contributed by atoms with Crippen LogP contribution in [0.3, 0.4) is 0 Å². The van der Waals surface area contributed by atoms with Crippen molar-refractivity contribution in [2.24, 2.45) is 0 Å². The fourth-order valence-electron chi connectivity index (χ4n) is 1.25. The number of nitrogens with zero attached hydrogens (tertiary/aromatic N) is 1. The molecule has 1 heterocycles. The van der Waals surface area contributed by atoms with Gasteiger partial charge in [-0.15, -0.1) is 0 Å². The minimum atomic E-state index is -0.486. The molecular weight excluding hydrogens is 212 g/mol. The SMILES string of the molecule is C=CC(=O)OCCNC(=O)N1CCOCC1. The van der Waals surface area contributed by atoms with Crippen LogP contribution in [0.1, 0.15) is 0 Å². The summed E-state index contributed by atoms with van der Waals surface area (Å²) in [6.45, 7) is 6.05. The summed E-state index contributed by atoms with van der Waals surface area (Å²) in [6, 6.07) is -0.155. The van der Waals surface area contributed by atoms with E-state index in [0.29, 0.717) is 32.8 Å². The average Bonchev–Trinajstić information content (AvgIpc) is 2.35. The standard InChI is InChI=1S/C10H16N2O4/c1-2-9(13)16-6-3-11-10(14)12-4-7-15-8-5-12/h2H,1,3-8H2,(H,11,14). The molecule has 0 unspecified atom stereocenters. The van der Waals surface area contributed by atoms with Crippen molar-refractivity contribution in [3.05, 3.63) is 12.7 Å². The van der Waals surface area contributed by atoms with Crippen LogP contribution in [0.5, 0.6) is 0 Å². The Labute approximate surface area is 94.2 Å². The van der Waals surface area contributed by atoms with E-state index in [1.807, 2.05) is 0 Å². The molecule has 0 bridgehead atoms. The van der Waals surface area contributed by atoms with Crippen LogP contribution >= 0.6 is 0 Å². The Morgan fingerprint density at radius 2 is 2.12 bits per heavy atom. The van der Waals surface area contributed by atoms with Crippen molar-refractivity contribution in [2.75, 3.05) is 39.5 Å². The van der Waals surface area contributed by atoms with Crippen molar-refractivity contribution < 1.29 is 19.1 Å². The number of amides is 2. The summed E-state index contributed by atoms with van der Waals surface area (Å²) in [5.74, 6) is -0.486. The Hall–Kier alpha value is -1.56. The van der Waals surface area contributed by atoms with Crippen LogP contribution in [-0.4, -0.2) is 56.4 Å². The maximum Gasteiger partial charge on any atom is 0.330 e. The van der Waals surface area contributed by atoms with E-state index < -0.39 is 5.97 Å². The highest BCUT2D eigenvalue weighted by molar-refractivity contribution is 5.81. The van der Waals surface area contributed by atoms with Gasteiger partial charge in [-0.25, -0.2) is 9.59 Å². The van der Waals surface area contributed by atoms with Gasteiger partial charge in [0.25, 0.3) is 0 Å². The van der Waals surface area contributed by atoms with E-state index in [9.17, 15) is 9.59 Å². The van der Waals surface area contributed by atoms with Crippen LogP contribution in [0, 0.1) is 0 Å². The topological polar surface area (TPSA) is 67.9 Å². The Balaban J connectivity index is 2.09. The van der Waals surface area contributed by atoms with Crippen LogP contribution in [-0.2, 0) is 14.3 Å². The molecule has 1 N–H and O–H groups in total. The summed E-state index contributed by atoms with van der Waals surface area (Å²) >= 11 is 0. The quantitative estimate of drug-likeness (QED) is 0.409. The monoisotopic (exact) mass is 228 g/mol. The number of hydrogen-bond acceptors (Lipinski definition) is 4. The van der Waals surface area contributed by atoms with Crippen LogP contribution in [0.25, 0.3) is 0 Å². The second kappa shape index (κ2) is 6.84. The second-order valence-electron chi connectivity index (χ2n) is 3.20. The first-order valence-corrected chi connectivity index (χ1v) is 5.13. The van der Waals surface area contributed by atoms with E-state index in [-0.39, 0.29) is 12.6 Å². The number of esters is 1. The first-order valence-electron chi connectivity index (χ1n) is 5.13. The van der Waals surface area contributed by atoms with Crippen molar-refractivity contribution in [1.82, 2.24) is 10.2 Å². The number of carbonyl (C=O) groups excluding carboxylic acids is 2. The number of rotatable bonds is 4. The predicted octanol–water partition coefficient (Wildman–Crippen LogP) is -0.243. The Bertz CT molecular complexity index is 262. The second-order valence-corrected chi connectivity index (χ2v) is 3.20. The van der Waals surface area contributed by atoms with E-state index in [1.165, 1.54) is 0 Å². The van der Waals surface area contributed by atoms with Crippen LogP contribution in [0.4, 0.5) is 4.79 Å². The molecule has 0 aromatic heterocycles. The maximum absolute atomic E-state index is 11.5. The number of morpholine rings is 1. The molecule has 0 saturated carbocycles. The summed E-state index contributed by atoms with van der Waals surface area (Å²) in [5, 5.41) is 2.65. The molecule has 1 saturated heterocycles. The summed E-state index contributed by atoms with van der Waals surface area (Å²) in [4.78, 5) is 23.9. The lowest BCUT2D eigenvalue weighted by atomic mass is 10.4. The van der Waals surface area contributed by atoms with E-state index in [2.05, 4.69) is 11.9 Å². The Morgan fingerprint density at radius 3 is 2.75 bits per heavy atom. The summed E-state index contributed by atoms with van der Waals surface area (Å²) in [7, 11) is 0. The van der Waals surface area contributed by atoms with Crippen molar-refractivity contribution >= 4 is 12.0 Å². The van der Waals surface area contributed by atoms with Gasteiger partial charge >= 0.3 is 12.0 Å².